The van der Waals surface area contributed by atoms with E-state index in [1.807, 2.05) is 0 Å². The van der Waals surface area contributed by atoms with Crippen molar-refractivity contribution in [1.29, 1.82) is 0 Å². The van der Waals surface area contributed by atoms with E-state index in [9.17, 15) is 0 Å². The molecule has 2 aromatic carbocycles. The number of hydrogen-bond donors (Lipinski definition) is 2. The van der Waals surface area contributed by atoms with E-state index in [0.29, 0.717) is 0 Å². The summed E-state index contributed by atoms with van der Waals surface area (Å²) in [5, 5.41) is 7.36. The second kappa shape index (κ2) is 5.55. The smallest absolute Gasteiger partial charge is 0.0953 e. The summed E-state index contributed by atoms with van der Waals surface area (Å²) in [6.07, 6.45) is 2.36. The van der Waals surface area contributed by atoms with Crippen LogP contribution in [0.2, 0.25) is 0 Å². The molecule has 0 bridgehead atoms. The monoisotopic (exact) mass is 252 g/mol. The van der Waals surface area contributed by atoms with E-state index in [-0.39, 0.29) is 5.66 Å². The molecule has 1 saturated heterocycles. The van der Waals surface area contributed by atoms with Gasteiger partial charge in [-0.05, 0) is 30.5 Å². The normalized spacial score (nSPS) is 22.5. The second-order valence-electron chi connectivity index (χ2n) is 5.14. The molecule has 1 fully saturated rings. The van der Waals surface area contributed by atoms with Gasteiger partial charge in [-0.3, -0.25) is 10.6 Å². The maximum atomic E-state index is 3.72. The number of hydrogen-bond acceptors (Lipinski definition) is 2. The Kier molecular flexibility index (Phi) is 3.62. The minimum atomic E-state index is -0.0584. The third-order valence-corrected chi connectivity index (χ3v) is 3.86. The average molecular weight is 252 g/mol. The summed E-state index contributed by atoms with van der Waals surface area (Å²) < 4.78 is 0. The first-order chi connectivity index (χ1) is 9.39. The molecule has 0 saturated carbocycles. The number of rotatable bonds is 4. The molecule has 2 nitrogen and oxygen atoms in total. The summed E-state index contributed by atoms with van der Waals surface area (Å²) >= 11 is 0. The van der Waals surface area contributed by atoms with E-state index >= 15 is 0 Å². The van der Waals surface area contributed by atoms with Gasteiger partial charge in [0.25, 0.3) is 0 Å². The summed E-state index contributed by atoms with van der Waals surface area (Å²) in [6, 6.07) is 21.3. The Morgan fingerprint density at radius 2 is 1.63 bits per heavy atom. The van der Waals surface area contributed by atoms with Gasteiger partial charge in [-0.1, -0.05) is 60.7 Å². The summed E-state index contributed by atoms with van der Waals surface area (Å²) in [7, 11) is 0. The van der Waals surface area contributed by atoms with Gasteiger partial charge in [0.05, 0.1) is 5.66 Å². The van der Waals surface area contributed by atoms with Crippen molar-refractivity contribution in [1.82, 2.24) is 10.6 Å². The molecule has 2 aromatic rings. The van der Waals surface area contributed by atoms with Crippen LogP contribution in [0.4, 0.5) is 0 Å². The molecular weight excluding hydrogens is 232 g/mol. The Balaban J connectivity index is 1.78. The van der Waals surface area contributed by atoms with Crippen LogP contribution in [0.1, 0.15) is 24.0 Å². The van der Waals surface area contributed by atoms with Gasteiger partial charge in [-0.15, -0.1) is 0 Å². The standard InChI is InChI=1S/C17H20N2/c1-3-8-15(9-4-1)14-19-17(12-7-13-18-17)16-10-5-2-6-11-16/h1-6,8-11,18-19H,7,12-14H2. The van der Waals surface area contributed by atoms with Crippen molar-refractivity contribution >= 4 is 0 Å². The first-order valence-corrected chi connectivity index (χ1v) is 6.99. The maximum Gasteiger partial charge on any atom is 0.0953 e. The Morgan fingerprint density at radius 3 is 2.26 bits per heavy atom. The minimum absolute atomic E-state index is 0.0584. The van der Waals surface area contributed by atoms with E-state index in [1.54, 1.807) is 0 Å². The van der Waals surface area contributed by atoms with Crippen LogP contribution in [-0.4, -0.2) is 6.54 Å². The average Bonchev–Trinajstić information content (AvgIpc) is 2.97. The molecule has 2 heteroatoms. The van der Waals surface area contributed by atoms with Gasteiger partial charge in [0.1, 0.15) is 0 Å². The summed E-state index contributed by atoms with van der Waals surface area (Å²) in [4.78, 5) is 0. The predicted octanol–water partition coefficient (Wildman–Crippen LogP) is 3.01. The number of nitrogens with one attached hydrogen (secondary N) is 2. The molecule has 1 heterocycles. The zero-order chi connectivity index (χ0) is 13.0. The highest BCUT2D eigenvalue weighted by Crippen LogP contribution is 2.28. The lowest BCUT2D eigenvalue weighted by atomic mass is 9.97. The molecule has 2 N–H and O–H groups in total. The topological polar surface area (TPSA) is 24.1 Å². The Hall–Kier alpha value is -1.64. The zero-order valence-corrected chi connectivity index (χ0v) is 11.1. The van der Waals surface area contributed by atoms with Crippen LogP contribution < -0.4 is 10.6 Å². The van der Waals surface area contributed by atoms with Crippen molar-refractivity contribution in [3.63, 3.8) is 0 Å². The van der Waals surface area contributed by atoms with Crippen LogP contribution in [0.3, 0.4) is 0 Å². The Morgan fingerprint density at radius 1 is 0.947 bits per heavy atom. The third kappa shape index (κ3) is 2.70. The van der Waals surface area contributed by atoms with E-state index in [0.717, 1.165) is 19.5 Å². The SMILES string of the molecule is c1ccc(CNC2(c3ccccc3)CCCN2)cc1. The molecule has 0 aromatic heterocycles. The molecule has 0 amide bonds. The lowest BCUT2D eigenvalue weighted by Gasteiger charge is -2.31. The van der Waals surface area contributed by atoms with E-state index in [4.69, 9.17) is 0 Å². The largest absolute Gasteiger partial charge is 0.296 e. The third-order valence-electron chi connectivity index (χ3n) is 3.86. The molecule has 19 heavy (non-hydrogen) atoms. The van der Waals surface area contributed by atoms with Crippen molar-refractivity contribution in [2.75, 3.05) is 6.54 Å². The molecule has 0 radical (unpaired) electrons. The van der Waals surface area contributed by atoms with Gasteiger partial charge in [-0.2, -0.15) is 0 Å². The van der Waals surface area contributed by atoms with Crippen molar-refractivity contribution in [2.45, 2.75) is 25.0 Å². The van der Waals surface area contributed by atoms with E-state index in [1.165, 1.54) is 17.5 Å². The summed E-state index contributed by atoms with van der Waals surface area (Å²) in [5.74, 6) is 0. The van der Waals surface area contributed by atoms with Gasteiger partial charge in [-0.25, -0.2) is 0 Å². The fourth-order valence-corrected chi connectivity index (χ4v) is 2.81. The van der Waals surface area contributed by atoms with Crippen LogP contribution in [0, 0.1) is 0 Å². The van der Waals surface area contributed by atoms with Gasteiger partial charge >= 0.3 is 0 Å². The lowest BCUT2D eigenvalue weighted by Crippen LogP contribution is -2.49. The minimum Gasteiger partial charge on any atom is -0.296 e. The molecule has 0 spiro atoms. The fourth-order valence-electron chi connectivity index (χ4n) is 2.81. The molecule has 1 aliphatic heterocycles. The van der Waals surface area contributed by atoms with Crippen molar-refractivity contribution in [3.8, 4) is 0 Å². The molecule has 1 unspecified atom stereocenters. The van der Waals surface area contributed by atoms with Gasteiger partial charge in [0.2, 0.25) is 0 Å². The van der Waals surface area contributed by atoms with Crippen LogP contribution in [0.15, 0.2) is 60.7 Å². The van der Waals surface area contributed by atoms with E-state index < -0.39 is 0 Å². The highest BCUT2D eigenvalue weighted by Gasteiger charge is 2.34. The Bertz CT molecular complexity index is 501. The van der Waals surface area contributed by atoms with E-state index in [2.05, 4.69) is 71.3 Å². The number of benzene rings is 2. The molecule has 1 atom stereocenters. The molecule has 3 rings (SSSR count). The molecular formula is C17H20N2. The Labute approximate surface area is 114 Å². The quantitative estimate of drug-likeness (QED) is 0.874. The van der Waals surface area contributed by atoms with Crippen LogP contribution >= 0.6 is 0 Å². The molecule has 0 aliphatic carbocycles. The summed E-state index contributed by atoms with van der Waals surface area (Å²) in [5.41, 5.74) is 2.60. The fraction of sp³-hybridized carbons (Fsp3) is 0.294. The molecule has 98 valence electrons. The van der Waals surface area contributed by atoms with Crippen molar-refractivity contribution in [2.24, 2.45) is 0 Å². The maximum absolute atomic E-state index is 3.72. The highest BCUT2D eigenvalue weighted by molar-refractivity contribution is 5.25. The molecule has 1 aliphatic rings. The lowest BCUT2D eigenvalue weighted by molar-refractivity contribution is 0.299. The first kappa shape index (κ1) is 12.4. The second-order valence-corrected chi connectivity index (χ2v) is 5.14. The first-order valence-electron chi connectivity index (χ1n) is 6.99. The summed E-state index contributed by atoms with van der Waals surface area (Å²) in [6.45, 7) is 1.97. The van der Waals surface area contributed by atoms with Gasteiger partial charge < -0.3 is 0 Å². The van der Waals surface area contributed by atoms with Gasteiger partial charge in [0, 0.05) is 6.54 Å². The van der Waals surface area contributed by atoms with Crippen LogP contribution in [0.25, 0.3) is 0 Å². The zero-order valence-electron chi connectivity index (χ0n) is 11.1. The van der Waals surface area contributed by atoms with Crippen LogP contribution in [0.5, 0.6) is 0 Å². The van der Waals surface area contributed by atoms with Gasteiger partial charge in [0.15, 0.2) is 0 Å². The van der Waals surface area contributed by atoms with Crippen LogP contribution in [-0.2, 0) is 12.2 Å². The highest BCUT2D eigenvalue weighted by atomic mass is 15.2. The predicted molar refractivity (Wildman–Crippen MR) is 78.6 cm³/mol. The van der Waals surface area contributed by atoms with Crippen molar-refractivity contribution in [3.05, 3.63) is 71.8 Å². The van der Waals surface area contributed by atoms with Crippen molar-refractivity contribution < 1.29 is 0 Å².